The number of aliphatic hydroxyl groups is 1. The van der Waals surface area contributed by atoms with Gasteiger partial charge in [0.2, 0.25) is 0 Å². The monoisotopic (exact) mass is 366 g/mol. The first-order valence-electron chi connectivity index (χ1n) is 9.61. The van der Waals surface area contributed by atoms with E-state index in [0.717, 1.165) is 24.1 Å². The average molecular weight is 366 g/mol. The van der Waals surface area contributed by atoms with Crippen LogP contribution in [0.25, 0.3) is 0 Å². The number of rotatable bonds is 2. The number of nitrogens with one attached hydrogen (secondary N) is 1. The van der Waals surface area contributed by atoms with Crippen LogP contribution in [0.4, 0.5) is 0 Å². The molecule has 0 bridgehead atoms. The molecule has 4 rings (SSSR count). The Labute approximate surface area is 159 Å². The van der Waals surface area contributed by atoms with Crippen LogP contribution in [0.1, 0.15) is 63.0 Å². The van der Waals surface area contributed by atoms with E-state index in [4.69, 9.17) is 0 Å². The Balaban J connectivity index is 1.57. The maximum absolute atomic E-state index is 13.1. The van der Waals surface area contributed by atoms with E-state index in [-0.39, 0.29) is 23.2 Å². The molecule has 1 amide bonds. The number of ketones is 1. The molecule has 5 nitrogen and oxygen atoms in total. The highest BCUT2D eigenvalue weighted by molar-refractivity contribution is 6.02. The number of amides is 1. The van der Waals surface area contributed by atoms with Gasteiger partial charge >= 0.3 is 0 Å². The zero-order valence-corrected chi connectivity index (χ0v) is 16.1. The molecule has 5 heteroatoms. The first-order valence-corrected chi connectivity index (χ1v) is 9.61. The molecule has 0 unspecified atom stereocenters. The van der Waals surface area contributed by atoms with Gasteiger partial charge in [-0.1, -0.05) is 24.3 Å². The summed E-state index contributed by atoms with van der Waals surface area (Å²) in [5, 5.41) is 10.8. The Morgan fingerprint density at radius 1 is 1.19 bits per heavy atom. The molecule has 1 aromatic carbocycles. The molecule has 1 atom stereocenters. The number of hydrogen-bond acceptors (Lipinski definition) is 3. The lowest BCUT2D eigenvalue weighted by Gasteiger charge is -2.42. The summed E-state index contributed by atoms with van der Waals surface area (Å²) in [6.07, 6.45) is 1.84. The van der Waals surface area contributed by atoms with Crippen molar-refractivity contribution in [2.24, 2.45) is 0 Å². The van der Waals surface area contributed by atoms with Crippen molar-refractivity contribution in [2.45, 2.75) is 51.6 Å². The summed E-state index contributed by atoms with van der Waals surface area (Å²) in [7, 11) is 0. The second-order valence-electron chi connectivity index (χ2n) is 8.01. The molecule has 2 N–H and O–H groups in total. The van der Waals surface area contributed by atoms with Gasteiger partial charge in [0.1, 0.15) is 0 Å². The Morgan fingerprint density at radius 2 is 1.85 bits per heavy atom. The fourth-order valence-electron chi connectivity index (χ4n) is 5.06. The van der Waals surface area contributed by atoms with Crippen LogP contribution in [0, 0.1) is 13.8 Å². The number of likely N-dealkylation sites (tertiary alicyclic amines) is 1. The molecule has 142 valence electrons. The van der Waals surface area contributed by atoms with E-state index in [1.54, 1.807) is 0 Å². The van der Waals surface area contributed by atoms with Crippen molar-refractivity contribution in [3.05, 3.63) is 57.9 Å². The molecule has 0 radical (unpaired) electrons. The number of aromatic nitrogens is 1. The molecular weight excluding hydrogens is 340 g/mol. The molecule has 2 heterocycles. The molecule has 1 fully saturated rings. The van der Waals surface area contributed by atoms with Gasteiger partial charge in [-0.15, -0.1) is 0 Å². The Hall–Kier alpha value is -2.40. The number of carbonyl (C=O) groups excluding carboxylic acids is 2. The summed E-state index contributed by atoms with van der Waals surface area (Å²) >= 11 is 0. The quantitative estimate of drug-likeness (QED) is 0.803. The SMILES string of the molecule is CC(=O)c1[nH]c(C)c(C(=O)N2CCC3(CC2)c2ccccc2C[C@@H]3O)c1C. The van der Waals surface area contributed by atoms with Crippen LogP contribution in [0.5, 0.6) is 0 Å². The van der Waals surface area contributed by atoms with Crippen molar-refractivity contribution in [3.8, 4) is 0 Å². The Morgan fingerprint density at radius 3 is 2.48 bits per heavy atom. The van der Waals surface area contributed by atoms with Gasteiger partial charge < -0.3 is 15.0 Å². The van der Waals surface area contributed by atoms with Crippen LogP contribution in [0.15, 0.2) is 24.3 Å². The van der Waals surface area contributed by atoms with Gasteiger partial charge in [0.05, 0.1) is 17.4 Å². The minimum atomic E-state index is -0.382. The van der Waals surface area contributed by atoms with E-state index in [1.165, 1.54) is 18.1 Å². The minimum absolute atomic E-state index is 0.0237. The number of fused-ring (bicyclic) bond motifs is 2. The molecule has 2 aromatic rings. The Kier molecular flexibility index (Phi) is 4.22. The number of Topliss-reactive ketones (excluding diaryl/α,β-unsaturated/α-hetero) is 1. The molecule has 1 spiro atoms. The molecule has 1 aliphatic heterocycles. The van der Waals surface area contributed by atoms with E-state index in [9.17, 15) is 14.7 Å². The number of aromatic amines is 1. The predicted molar refractivity (Wildman–Crippen MR) is 103 cm³/mol. The lowest BCUT2D eigenvalue weighted by Crippen LogP contribution is -2.49. The smallest absolute Gasteiger partial charge is 0.255 e. The van der Waals surface area contributed by atoms with Crippen molar-refractivity contribution in [1.82, 2.24) is 9.88 Å². The second-order valence-corrected chi connectivity index (χ2v) is 8.01. The molecule has 1 aliphatic carbocycles. The highest BCUT2D eigenvalue weighted by atomic mass is 16.3. The van der Waals surface area contributed by atoms with Gasteiger partial charge in [-0.05, 0) is 49.8 Å². The first kappa shape index (κ1) is 18.0. The van der Waals surface area contributed by atoms with Crippen LogP contribution in [-0.2, 0) is 11.8 Å². The van der Waals surface area contributed by atoms with Gasteiger partial charge in [-0.2, -0.15) is 0 Å². The first-order chi connectivity index (χ1) is 12.8. The van der Waals surface area contributed by atoms with Crippen molar-refractivity contribution >= 4 is 11.7 Å². The molecule has 27 heavy (non-hydrogen) atoms. The van der Waals surface area contributed by atoms with Crippen LogP contribution < -0.4 is 0 Å². The van der Waals surface area contributed by atoms with Crippen LogP contribution in [0.2, 0.25) is 0 Å². The van der Waals surface area contributed by atoms with E-state index in [2.05, 4.69) is 17.1 Å². The second kappa shape index (κ2) is 6.34. The minimum Gasteiger partial charge on any atom is -0.392 e. The van der Waals surface area contributed by atoms with E-state index < -0.39 is 0 Å². The number of H-pyrrole nitrogens is 1. The third kappa shape index (κ3) is 2.64. The maximum atomic E-state index is 13.1. The molecule has 1 saturated heterocycles. The Bertz CT molecular complexity index is 920. The van der Waals surface area contributed by atoms with Crippen LogP contribution >= 0.6 is 0 Å². The highest BCUT2D eigenvalue weighted by Gasteiger charge is 2.48. The van der Waals surface area contributed by atoms with Crippen molar-refractivity contribution in [1.29, 1.82) is 0 Å². The van der Waals surface area contributed by atoms with Crippen molar-refractivity contribution in [3.63, 3.8) is 0 Å². The van der Waals surface area contributed by atoms with E-state index in [1.807, 2.05) is 30.9 Å². The molecule has 1 aromatic heterocycles. The fraction of sp³-hybridized carbons (Fsp3) is 0.455. The summed E-state index contributed by atoms with van der Waals surface area (Å²) in [4.78, 5) is 29.8. The number of piperidine rings is 1. The number of benzene rings is 1. The standard InChI is InChI=1S/C22H26N2O3/c1-13-19(14(2)23-20(13)15(3)25)21(27)24-10-8-22(9-11-24)17-7-5-4-6-16(17)12-18(22)26/h4-7,18,23,26H,8-12H2,1-3H3/t18-/m0/s1. The topological polar surface area (TPSA) is 73.4 Å². The number of carbonyl (C=O) groups is 2. The average Bonchev–Trinajstić information content (AvgIpc) is 3.09. The zero-order valence-electron chi connectivity index (χ0n) is 16.1. The third-order valence-electron chi connectivity index (χ3n) is 6.55. The van der Waals surface area contributed by atoms with Gasteiger partial charge in [0, 0.05) is 31.1 Å². The maximum Gasteiger partial charge on any atom is 0.255 e. The van der Waals surface area contributed by atoms with Crippen LogP contribution in [0.3, 0.4) is 0 Å². The number of nitrogens with zero attached hydrogens (tertiary/aromatic N) is 1. The molecule has 2 aliphatic rings. The van der Waals surface area contributed by atoms with Gasteiger partial charge in [-0.3, -0.25) is 9.59 Å². The van der Waals surface area contributed by atoms with E-state index >= 15 is 0 Å². The summed E-state index contributed by atoms with van der Waals surface area (Å²) in [5.74, 6) is -0.0812. The molecular formula is C22H26N2O3. The normalized spacial score (nSPS) is 20.7. The number of hydrogen-bond donors (Lipinski definition) is 2. The van der Waals surface area contributed by atoms with Crippen LogP contribution in [-0.4, -0.2) is 45.9 Å². The lowest BCUT2D eigenvalue weighted by molar-refractivity contribution is 0.0365. The third-order valence-corrected chi connectivity index (χ3v) is 6.55. The summed E-state index contributed by atoms with van der Waals surface area (Å²) in [5.41, 5.74) is 4.85. The van der Waals surface area contributed by atoms with Gasteiger partial charge in [0.15, 0.2) is 5.78 Å². The largest absolute Gasteiger partial charge is 0.392 e. The van der Waals surface area contributed by atoms with Crippen molar-refractivity contribution in [2.75, 3.05) is 13.1 Å². The predicted octanol–water partition coefficient (Wildman–Crippen LogP) is 2.93. The summed E-state index contributed by atoms with van der Waals surface area (Å²) in [6.45, 7) is 6.41. The highest BCUT2D eigenvalue weighted by Crippen LogP contribution is 2.46. The zero-order chi connectivity index (χ0) is 19.3. The number of aryl methyl sites for hydroxylation is 1. The summed E-state index contributed by atoms with van der Waals surface area (Å²) in [6, 6.07) is 8.28. The number of aliphatic hydroxyl groups excluding tert-OH is 1. The molecule has 0 saturated carbocycles. The fourth-order valence-corrected chi connectivity index (χ4v) is 5.06. The van der Waals surface area contributed by atoms with Crippen molar-refractivity contribution < 1.29 is 14.7 Å². The van der Waals surface area contributed by atoms with E-state index in [0.29, 0.717) is 30.8 Å². The van der Waals surface area contributed by atoms with Gasteiger partial charge in [-0.25, -0.2) is 0 Å². The van der Waals surface area contributed by atoms with Gasteiger partial charge in [0.25, 0.3) is 5.91 Å². The summed E-state index contributed by atoms with van der Waals surface area (Å²) < 4.78 is 0. The lowest BCUT2D eigenvalue weighted by atomic mass is 9.72.